The molecule has 4 aliphatic carbocycles. The number of rotatable bonds is 6. The van der Waals surface area contributed by atoms with Crippen LogP contribution in [-0.4, -0.2) is 33.9 Å². The Morgan fingerprint density at radius 3 is 2.53 bits per heavy atom. The smallest absolute Gasteiger partial charge is 0.310 e. The molecule has 34 heavy (non-hydrogen) atoms. The number of aliphatic hydroxyl groups excluding tert-OH is 1. The lowest BCUT2D eigenvalue weighted by Crippen LogP contribution is -2.54. The fourth-order valence-electron chi connectivity index (χ4n) is 8.50. The van der Waals surface area contributed by atoms with Crippen molar-refractivity contribution in [2.75, 3.05) is 0 Å². The first-order chi connectivity index (χ1) is 15.8. The number of ketones is 2. The zero-order valence-corrected chi connectivity index (χ0v) is 21.5. The topological polar surface area (TPSA) is 91.7 Å². The molecule has 188 valence electrons. The molecular weight excluding hydrogens is 428 g/mol. The molecule has 0 aromatic rings. The van der Waals surface area contributed by atoms with Gasteiger partial charge in [0.2, 0.25) is 0 Å². The number of carbonyl (C=O) groups excluding carboxylic acids is 2. The Kier molecular flexibility index (Phi) is 6.50. The number of allylic oxidation sites excluding steroid dienone is 1. The number of Topliss-reactive ketones (excluding diaryl/α,β-unsaturated/α-hetero) is 2. The van der Waals surface area contributed by atoms with E-state index in [0.29, 0.717) is 43.9 Å². The van der Waals surface area contributed by atoms with Crippen LogP contribution in [0.5, 0.6) is 0 Å². The summed E-state index contributed by atoms with van der Waals surface area (Å²) in [6.45, 7) is 14.3. The van der Waals surface area contributed by atoms with Crippen molar-refractivity contribution in [2.45, 2.75) is 92.1 Å². The molecule has 4 rings (SSSR count). The van der Waals surface area contributed by atoms with Crippen molar-refractivity contribution in [3.63, 3.8) is 0 Å². The summed E-state index contributed by atoms with van der Waals surface area (Å²) >= 11 is 0. The van der Waals surface area contributed by atoms with Crippen LogP contribution in [0, 0.1) is 46.3 Å². The van der Waals surface area contributed by atoms with Crippen molar-refractivity contribution in [3.8, 4) is 0 Å². The molecule has 4 aliphatic rings. The van der Waals surface area contributed by atoms with E-state index in [1.54, 1.807) is 6.92 Å². The highest BCUT2D eigenvalue weighted by Gasteiger charge is 2.61. The Balaban J connectivity index is 1.61. The van der Waals surface area contributed by atoms with Gasteiger partial charge >= 0.3 is 5.97 Å². The zero-order valence-electron chi connectivity index (χ0n) is 21.5. The summed E-state index contributed by atoms with van der Waals surface area (Å²) in [6.07, 6.45) is 5.24. The summed E-state index contributed by atoms with van der Waals surface area (Å²) in [5.41, 5.74) is 2.13. The van der Waals surface area contributed by atoms with Crippen molar-refractivity contribution >= 4 is 17.5 Å². The average Bonchev–Trinajstić information content (AvgIpc) is 3.11. The number of carbonyl (C=O) groups is 3. The number of hydrogen-bond donors (Lipinski definition) is 2. The van der Waals surface area contributed by atoms with E-state index in [0.717, 1.165) is 36.0 Å². The van der Waals surface area contributed by atoms with Gasteiger partial charge in [-0.1, -0.05) is 39.8 Å². The molecule has 3 unspecified atom stereocenters. The molecule has 2 saturated carbocycles. The minimum absolute atomic E-state index is 0.0363. The summed E-state index contributed by atoms with van der Waals surface area (Å²) in [7, 11) is 0. The molecule has 0 spiro atoms. The van der Waals surface area contributed by atoms with E-state index >= 15 is 0 Å². The minimum atomic E-state index is -0.834. The third-order valence-electron chi connectivity index (χ3n) is 10.7. The first-order valence-electron chi connectivity index (χ1n) is 13.2. The van der Waals surface area contributed by atoms with Crippen LogP contribution < -0.4 is 0 Å². The van der Waals surface area contributed by atoms with Gasteiger partial charge in [-0.05, 0) is 80.1 Å². The first kappa shape index (κ1) is 25.3. The molecule has 0 amide bonds. The molecule has 0 aromatic carbocycles. The van der Waals surface area contributed by atoms with Gasteiger partial charge in [0.1, 0.15) is 5.78 Å². The van der Waals surface area contributed by atoms with E-state index in [-0.39, 0.29) is 40.2 Å². The summed E-state index contributed by atoms with van der Waals surface area (Å²) in [5.74, 6) is -0.0967. The predicted molar refractivity (Wildman–Crippen MR) is 131 cm³/mol. The second kappa shape index (κ2) is 8.72. The van der Waals surface area contributed by atoms with Gasteiger partial charge < -0.3 is 10.2 Å². The average molecular weight is 471 g/mol. The monoisotopic (exact) mass is 470 g/mol. The molecular formula is C29H42O5. The highest BCUT2D eigenvalue weighted by molar-refractivity contribution is 6.00. The lowest BCUT2D eigenvalue weighted by Gasteiger charge is -2.55. The SMILES string of the molecule is C=C(CC[C@@H](C)[C@H]1CCC2C3=C(C(=O)C[C@@]21C)[C@@]1(C)CCC(=O)[C@@H](C)C1C[C@H]3O)C(C)C(=O)O. The maximum absolute atomic E-state index is 13.8. The first-order valence-corrected chi connectivity index (χ1v) is 13.2. The van der Waals surface area contributed by atoms with Gasteiger partial charge in [-0.25, -0.2) is 0 Å². The minimum Gasteiger partial charge on any atom is -0.481 e. The van der Waals surface area contributed by atoms with E-state index in [2.05, 4.69) is 27.4 Å². The molecule has 2 fully saturated rings. The van der Waals surface area contributed by atoms with E-state index in [1.807, 2.05) is 6.92 Å². The van der Waals surface area contributed by atoms with Crippen molar-refractivity contribution in [3.05, 3.63) is 23.3 Å². The van der Waals surface area contributed by atoms with Crippen LogP contribution in [0.3, 0.4) is 0 Å². The van der Waals surface area contributed by atoms with Gasteiger partial charge in [0.05, 0.1) is 12.0 Å². The summed E-state index contributed by atoms with van der Waals surface area (Å²) in [4.78, 5) is 37.6. The molecule has 0 bridgehead atoms. The molecule has 0 aromatic heterocycles. The van der Waals surface area contributed by atoms with E-state index < -0.39 is 18.0 Å². The van der Waals surface area contributed by atoms with Crippen molar-refractivity contribution < 1.29 is 24.6 Å². The number of aliphatic hydroxyl groups is 1. The summed E-state index contributed by atoms with van der Waals surface area (Å²) < 4.78 is 0. The Labute approximate surface area is 204 Å². The molecule has 0 radical (unpaired) electrons. The Hall–Kier alpha value is -1.75. The van der Waals surface area contributed by atoms with Crippen molar-refractivity contribution in [1.29, 1.82) is 0 Å². The maximum Gasteiger partial charge on any atom is 0.310 e. The third kappa shape index (κ3) is 3.73. The van der Waals surface area contributed by atoms with Crippen LogP contribution in [0.25, 0.3) is 0 Å². The highest BCUT2D eigenvalue weighted by atomic mass is 16.4. The van der Waals surface area contributed by atoms with Gasteiger partial charge in [-0.15, -0.1) is 0 Å². The normalized spacial score (nSPS) is 41.4. The second-order valence-corrected chi connectivity index (χ2v) is 12.4. The number of hydrogen-bond acceptors (Lipinski definition) is 4. The number of aliphatic carboxylic acids is 1. The predicted octanol–water partition coefficient (Wildman–Crippen LogP) is 5.37. The molecule has 5 nitrogen and oxygen atoms in total. The van der Waals surface area contributed by atoms with Crippen LogP contribution >= 0.6 is 0 Å². The molecule has 5 heteroatoms. The number of fused-ring (bicyclic) bond motifs is 4. The quantitative estimate of drug-likeness (QED) is 0.509. The Morgan fingerprint density at radius 2 is 1.88 bits per heavy atom. The van der Waals surface area contributed by atoms with Gasteiger partial charge in [0.15, 0.2) is 5.78 Å². The summed E-state index contributed by atoms with van der Waals surface area (Å²) in [6, 6.07) is 0. The largest absolute Gasteiger partial charge is 0.481 e. The maximum atomic E-state index is 13.8. The van der Waals surface area contributed by atoms with Crippen molar-refractivity contribution in [1.82, 2.24) is 0 Å². The van der Waals surface area contributed by atoms with Crippen LogP contribution in [0.4, 0.5) is 0 Å². The Morgan fingerprint density at radius 1 is 1.21 bits per heavy atom. The Bertz CT molecular complexity index is 946. The number of carboxylic acids is 1. The molecule has 2 N–H and O–H groups in total. The van der Waals surface area contributed by atoms with Crippen LogP contribution in [0.1, 0.15) is 86.0 Å². The number of carboxylic acid groups (broad SMARTS) is 1. The van der Waals surface area contributed by atoms with Crippen LogP contribution in [0.2, 0.25) is 0 Å². The molecule has 0 aliphatic heterocycles. The van der Waals surface area contributed by atoms with Crippen LogP contribution in [0.15, 0.2) is 23.3 Å². The third-order valence-corrected chi connectivity index (χ3v) is 10.7. The van der Waals surface area contributed by atoms with E-state index in [9.17, 15) is 24.6 Å². The highest BCUT2D eigenvalue weighted by Crippen LogP contribution is 2.65. The lowest BCUT2D eigenvalue weighted by molar-refractivity contribution is -0.140. The summed E-state index contributed by atoms with van der Waals surface area (Å²) in [5, 5.41) is 20.6. The van der Waals surface area contributed by atoms with Crippen molar-refractivity contribution in [2.24, 2.45) is 46.3 Å². The van der Waals surface area contributed by atoms with Gasteiger partial charge in [-0.2, -0.15) is 0 Å². The van der Waals surface area contributed by atoms with Gasteiger partial charge in [-0.3, -0.25) is 14.4 Å². The van der Waals surface area contributed by atoms with E-state index in [4.69, 9.17) is 0 Å². The molecule has 0 saturated heterocycles. The standard InChI is InChI=1S/C29H42O5/c1-15(17(3)27(33)34)7-8-16(2)19-9-10-20-25-23(31)13-21-18(4)22(30)11-12-28(21,5)26(25)24(32)14-29(19,20)6/h16-21,23,31H,1,7-14H2,2-6H3,(H,33,34)/t16-,17?,18+,19-,20?,21?,23-,28+,29-/m1/s1. The fourth-order valence-corrected chi connectivity index (χ4v) is 8.50. The molecule has 0 heterocycles. The van der Waals surface area contributed by atoms with Crippen LogP contribution in [-0.2, 0) is 14.4 Å². The van der Waals surface area contributed by atoms with Gasteiger partial charge in [0, 0.05) is 29.7 Å². The lowest BCUT2D eigenvalue weighted by atomic mass is 9.48. The molecule has 9 atom stereocenters. The fraction of sp³-hybridized carbons (Fsp3) is 0.759. The second-order valence-electron chi connectivity index (χ2n) is 12.4. The van der Waals surface area contributed by atoms with E-state index in [1.165, 1.54) is 0 Å². The zero-order chi connectivity index (χ0) is 25.2. The van der Waals surface area contributed by atoms with Gasteiger partial charge in [0.25, 0.3) is 0 Å².